The molecule has 1 fully saturated rings. The van der Waals surface area contributed by atoms with Crippen LogP contribution in [0.3, 0.4) is 0 Å². The van der Waals surface area contributed by atoms with Crippen LogP contribution in [-0.2, 0) is 10.2 Å². The number of hydrogen-bond acceptors (Lipinski definition) is 5. The number of methoxy groups -OCH3 is 1. The molecule has 2 aliphatic rings. The first-order valence-electron chi connectivity index (χ1n) is 10.8. The van der Waals surface area contributed by atoms with Crippen molar-refractivity contribution in [2.24, 2.45) is 0 Å². The van der Waals surface area contributed by atoms with Gasteiger partial charge in [-0.05, 0) is 66.4 Å². The number of benzene rings is 3. The van der Waals surface area contributed by atoms with Crippen LogP contribution in [-0.4, -0.2) is 32.8 Å². The van der Waals surface area contributed by atoms with Gasteiger partial charge in [-0.3, -0.25) is 9.59 Å². The minimum Gasteiger partial charge on any atom is -0.496 e. The summed E-state index contributed by atoms with van der Waals surface area (Å²) in [5.74, 6) is 1.80. The van der Waals surface area contributed by atoms with Crippen LogP contribution in [0.25, 0.3) is 11.1 Å². The molecule has 0 spiro atoms. The van der Waals surface area contributed by atoms with Crippen molar-refractivity contribution in [2.75, 3.05) is 26.3 Å². The van der Waals surface area contributed by atoms with Crippen LogP contribution in [0.1, 0.15) is 31.6 Å². The normalized spacial score (nSPS) is 15.0. The molecule has 7 heteroatoms. The summed E-state index contributed by atoms with van der Waals surface area (Å²) in [6.45, 7) is 0.202. The molecule has 172 valence electrons. The monoisotopic (exact) mass is 448 g/mol. The SMILES string of the molecule is CNC(=O)c1cccc(-c2cc(NC(=O)C3(c4ccc5c(c4)OCO5)CC3)ccc2OC)c1.[HH].[HH]. The number of amides is 2. The van der Waals surface area contributed by atoms with E-state index in [4.69, 9.17) is 14.2 Å². The molecule has 1 aliphatic heterocycles. The van der Waals surface area contributed by atoms with Crippen LogP contribution in [0.5, 0.6) is 17.2 Å². The fourth-order valence-electron chi connectivity index (χ4n) is 4.20. The molecule has 3 aromatic rings. The Bertz CT molecular complexity index is 1260. The Balaban J connectivity index is 0.00000171. The Morgan fingerprint density at radius 3 is 2.58 bits per heavy atom. The van der Waals surface area contributed by atoms with E-state index in [1.807, 2.05) is 48.5 Å². The third kappa shape index (κ3) is 3.75. The minimum atomic E-state index is -0.569. The maximum atomic E-state index is 13.3. The number of fused-ring (bicyclic) bond motifs is 1. The number of anilines is 1. The second kappa shape index (κ2) is 8.16. The Kier molecular flexibility index (Phi) is 5.17. The van der Waals surface area contributed by atoms with Gasteiger partial charge >= 0.3 is 0 Å². The van der Waals surface area contributed by atoms with Crippen LogP contribution in [0.4, 0.5) is 5.69 Å². The van der Waals surface area contributed by atoms with Crippen LogP contribution >= 0.6 is 0 Å². The molecule has 2 amide bonds. The van der Waals surface area contributed by atoms with Gasteiger partial charge in [-0.15, -0.1) is 0 Å². The first-order valence-corrected chi connectivity index (χ1v) is 10.8. The van der Waals surface area contributed by atoms with Crippen molar-refractivity contribution in [3.63, 3.8) is 0 Å². The van der Waals surface area contributed by atoms with Crippen LogP contribution < -0.4 is 24.8 Å². The van der Waals surface area contributed by atoms with Gasteiger partial charge in [-0.2, -0.15) is 0 Å². The standard InChI is InChI=1S/C26H24N2O5.2H2/c1-27-24(29)17-5-3-4-16(12-17)20-14-19(7-9-21(20)31-2)28-25(30)26(10-11-26)18-6-8-22-23(13-18)33-15-32-22;;/h3-9,12-14H,10-11,15H2,1-2H3,(H,27,29)(H,28,30);2*1H. The molecule has 0 saturated heterocycles. The summed E-state index contributed by atoms with van der Waals surface area (Å²) in [4.78, 5) is 25.4. The van der Waals surface area contributed by atoms with E-state index in [1.54, 1.807) is 26.3 Å². The fraction of sp³-hybridized carbons (Fsp3) is 0.231. The highest BCUT2D eigenvalue weighted by molar-refractivity contribution is 6.02. The first kappa shape index (κ1) is 20.9. The summed E-state index contributed by atoms with van der Waals surface area (Å²) in [5, 5.41) is 5.71. The Morgan fingerprint density at radius 1 is 1.00 bits per heavy atom. The molecule has 1 heterocycles. The molecule has 0 radical (unpaired) electrons. The number of carbonyl (C=O) groups is 2. The Hall–Kier alpha value is -4.00. The third-order valence-electron chi connectivity index (χ3n) is 6.23. The highest BCUT2D eigenvalue weighted by Gasteiger charge is 2.51. The van der Waals surface area contributed by atoms with E-state index >= 15 is 0 Å². The molecule has 0 bridgehead atoms. The van der Waals surface area contributed by atoms with E-state index in [2.05, 4.69) is 10.6 Å². The summed E-state index contributed by atoms with van der Waals surface area (Å²) >= 11 is 0. The first-order chi connectivity index (χ1) is 16.0. The molecule has 0 unspecified atom stereocenters. The number of rotatable bonds is 6. The molecule has 2 N–H and O–H groups in total. The third-order valence-corrected chi connectivity index (χ3v) is 6.23. The van der Waals surface area contributed by atoms with E-state index in [0.717, 1.165) is 29.5 Å². The quantitative estimate of drug-likeness (QED) is 0.575. The topological polar surface area (TPSA) is 85.9 Å². The van der Waals surface area contributed by atoms with Gasteiger partial charge in [0.25, 0.3) is 5.91 Å². The van der Waals surface area contributed by atoms with Crippen molar-refractivity contribution < 1.29 is 26.7 Å². The molecular formula is C26H28N2O5. The van der Waals surface area contributed by atoms with Gasteiger partial charge in [0.15, 0.2) is 11.5 Å². The van der Waals surface area contributed by atoms with Crippen molar-refractivity contribution in [3.05, 3.63) is 71.8 Å². The summed E-state index contributed by atoms with van der Waals surface area (Å²) in [5.41, 5.74) is 3.17. The van der Waals surface area contributed by atoms with Crippen molar-refractivity contribution in [3.8, 4) is 28.4 Å². The van der Waals surface area contributed by atoms with Crippen LogP contribution in [0.15, 0.2) is 60.7 Å². The Labute approximate surface area is 194 Å². The van der Waals surface area contributed by atoms with E-state index in [1.165, 1.54) is 0 Å². The van der Waals surface area contributed by atoms with Gasteiger partial charge in [0.1, 0.15) is 5.75 Å². The van der Waals surface area contributed by atoms with Gasteiger partial charge < -0.3 is 24.8 Å². The maximum absolute atomic E-state index is 13.3. The predicted octanol–water partition coefficient (Wildman–Crippen LogP) is 4.61. The fourth-order valence-corrected chi connectivity index (χ4v) is 4.20. The number of ether oxygens (including phenoxy) is 3. The zero-order chi connectivity index (χ0) is 23.0. The number of carbonyl (C=O) groups excluding carboxylic acids is 2. The summed E-state index contributed by atoms with van der Waals surface area (Å²) in [6.07, 6.45) is 1.55. The lowest BCUT2D eigenvalue weighted by molar-refractivity contribution is -0.118. The van der Waals surface area contributed by atoms with Gasteiger partial charge in [0.2, 0.25) is 12.7 Å². The molecular weight excluding hydrogens is 420 g/mol. The van der Waals surface area contributed by atoms with Crippen molar-refractivity contribution in [2.45, 2.75) is 18.3 Å². The lowest BCUT2D eigenvalue weighted by Gasteiger charge is -2.18. The largest absolute Gasteiger partial charge is 0.496 e. The molecule has 3 aromatic carbocycles. The summed E-state index contributed by atoms with van der Waals surface area (Å²) in [6, 6.07) is 18.5. The highest BCUT2D eigenvalue weighted by Crippen LogP contribution is 2.51. The van der Waals surface area contributed by atoms with E-state index in [0.29, 0.717) is 28.5 Å². The summed E-state index contributed by atoms with van der Waals surface area (Å²) in [7, 11) is 3.19. The number of hydrogen-bond donors (Lipinski definition) is 2. The average molecular weight is 449 g/mol. The van der Waals surface area contributed by atoms with E-state index in [-0.39, 0.29) is 21.5 Å². The molecule has 0 atom stereocenters. The molecule has 7 nitrogen and oxygen atoms in total. The number of nitrogens with one attached hydrogen (secondary N) is 2. The second-order valence-electron chi connectivity index (χ2n) is 8.18. The lowest BCUT2D eigenvalue weighted by Crippen LogP contribution is -2.27. The predicted molar refractivity (Wildman–Crippen MR) is 128 cm³/mol. The lowest BCUT2D eigenvalue weighted by atomic mass is 9.94. The van der Waals surface area contributed by atoms with Crippen molar-refractivity contribution in [1.29, 1.82) is 0 Å². The van der Waals surface area contributed by atoms with E-state index < -0.39 is 5.41 Å². The second-order valence-corrected chi connectivity index (χ2v) is 8.18. The highest BCUT2D eigenvalue weighted by atomic mass is 16.7. The van der Waals surface area contributed by atoms with Gasteiger partial charge in [0, 0.05) is 26.7 Å². The Morgan fingerprint density at radius 2 is 1.82 bits per heavy atom. The molecule has 1 aliphatic carbocycles. The zero-order valence-electron chi connectivity index (χ0n) is 18.4. The van der Waals surface area contributed by atoms with Crippen molar-refractivity contribution >= 4 is 17.5 Å². The zero-order valence-corrected chi connectivity index (χ0v) is 18.4. The maximum Gasteiger partial charge on any atom is 0.251 e. The molecule has 33 heavy (non-hydrogen) atoms. The molecule has 1 saturated carbocycles. The van der Waals surface area contributed by atoms with Gasteiger partial charge in [0.05, 0.1) is 12.5 Å². The average Bonchev–Trinajstić information content (AvgIpc) is 3.54. The van der Waals surface area contributed by atoms with Crippen LogP contribution in [0, 0.1) is 0 Å². The van der Waals surface area contributed by atoms with Gasteiger partial charge in [-0.1, -0.05) is 18.2 Å². The van der Waals surface area contributed by atoms with E-state index in [9.17, 15) is 9.59 Å². The van der Waals surface area contributed by atoms with Crippen LogP contribution in [0.2, 0.25) is 0 Å². The molecule has 0 aromatic heterocycles. The summed E-state index contributed by atoms with van der Waals surface area (Å²) < 4.78 is 16.4. The van der Waals surface area contributed by atoms with Gasteiger partial charge in [-0.25, -0.2) is 0 Å². The van der Waals surface area contributed by atoms with Crippen molar-refractivity contribution in [1.82, 2.24) is 5.32 Å². The molecule has 5 rings (SSSR count). The minimum absolute atomic E-state index is 0. The smallest absolute Gasteiger partial charge is 0.251 e.